The molecule has 2 amide bonds. The third-order valence-corrected chi connectivity index (χ3v) is 5.49. The molecule has 0 aliphatic carbocycles. The minimum absolute atomic E-state index is 0.0711. The summed E-state index contributed by atoms with van der Waals surface area (Å²) in [6.07, 6.45) is 2.88. The number of carbonyl (C=O) groups excluding carboxylic acids is 2. The molecular formula is C22H25N3O2. The van der Waals surface area contributed by atoms with Crippen molar-refractivity contribution in [1.82, 2.24) is 0 Å². The second-order valence-electron chi connectivity index (χ2n) is 7.35. The maximum absolute atomic E-state index is 13.1. The topological polar surface area (TPSA) is 52.7 Å². The number of amides is 2. The molecule has 2 aromatic rings. The van der Waals surface area contributed by atoms with E-state index in [0.29, 0.717) is 0 Å². The molecule has 0 aromatic heterocycles. The molecule has 140 valence electrons. The smallest absolute Gasteiger partial charge is 0.249 e. The van der Waals surface area contributed by atoms with Gasteiger partial charge < -0.3 is 15.1 Å². The number of aryl methyl sites for hydroxylation is 1. The number of benzene rings is 2. The van der Waals surface area contributed by atoms with Crippen LogP contribution >= 0.6 is 0 Å². The van der Waals surface area contributed by atoms with E-state index in [1.807, 2.05) is 42.2 Å². The van der Waals surface area contributed by atoms with Crippen molar-refractivity contribution in [2.75, 3.05) is 28.2 Å². The van der Waals surface area contributed by atoms with Crippen LogP contribution in [-0.2, 0) is 22.4 Å². The Balaban J connectivity index is 1.49. The highest BCUT2D eigenvalue weighted by Crippen LogP contribution is 2.31. The Morgan fingerprint density at radius 1 is 0.963 bits per heavy atom. The summed E-state index contributed by atoms with van der Waals surface area (Å²) in [5, 5.41) is 3.35. The zero-order chi connectivity index (χ0) is 19.0. The first-order chi connectivity index (χ1) is 13.0. The molecule has 5 nitrogen and oxygen atoms in total. The number of anilines is 3. The van der Waals surface area contributed by atoms with Crippen LogP contribution in [0.4, 0.5) is 17.1 Å². The molecule has 1 atom stereocenters. The molecule has 5 heteroatoms. The van der Waals surface area contributed by atoms with E-state index in [4.69, 9.17) is 0 Å². The first-order valence-corrected chi connectivity index (χ1v) is 9.61. The van der Waals surface area contributed by atoms with Gasteiger partial charge in [0.1, 0.15) is 6.04 Å². The summed E-state index contributed by atoms with van der Waals surface area (Å²) < 4.78 is 0. The van der Waals surface area contributed by atoms with Crippen LogP contribution < -0.4 is 15.1 Å². The van der Waals surface area contributed by atoms with Crippen LogP contribution in [0, 0.1) is 0 Å². The Morgan fingerprint density at radius 2 is 1.74 bits per heavy atom. The average molecular weight is 363 g/mol. The minimum Gasteiger partial charge on any atom is -0.374 e. The first kappa shape index (κ1) is 17.6. The Hall–Kier alpha value is -2.82. The quantitative estimate of drug-likeness (QED) is 0.910. The number of carbonyl (C=O) groups is 2. The van der Waals surface area contributed by atoms with E-state index in [9.17, 15) is 9.59 Å². The van der Waals surface area contributed by atoms with Crippen molar-refractivity contribution in [3.8, 4) is 0 Å². The molecule has 0 saturated heterocycles. The normalized spacial score (nSPS) is 16.5. The molecule has 2 heterocycles. The molecule has 0 radical (unpaired) electrons. The highest BCUT2D eigenvalue weighted by molar-refractivity contribution is 5.99. The Kier molecular flexibility index (Phi) is 4.60. The fourth-order valence-electron chi connectivity index (χ4n) is 4.13. The van der Waals surface area contributed by atoms with Crippen molar-refractivity contribution in [2.45, 2.75) is 39.2 Å². The van der Waals surface area contributed by atoms with E-state index in [2.05, 4.69) is 17.4 Å². The summed E-state index contributed by atoms with van der Waals surface area (Å²) >= 11 is 0. The lowest BCUT2D eigenvalue weighted by Gasteiger charge is -2.32. The standard InChI is InChI=1S/C22H25N3O2/c1-15(22(27)25-12-5-7-17-6-3-4-8-20(17)25)23-19-9-10-21-18(14-19)11-13-24(21)16(2)26/h3-4,6,8-10,14-15,23H,5,7,11-13H2,1-2H3. The number of rotatable bonds is 3. The van der Waals surface area contributed by atoms with E-state index < -0.39 is 0 Å². The van der Waals surface area contributed by atoms with Crippen LogP contribution in [0.1, 0.15) is 31.4 Å². The molecule has 0 bridgehead atoms. The van der Waals surface area contributed by atoms with E-state index in [1.54, 1.807) is 11.8 Å². The summed E-state index contributed by atoms with van der Waals surface area (Å²) in [7, 11) is 0. The van der Waals surface area contributed by atoms with Crippen LogP contribution in [0.2, 0.25) is 0 Å². The molecule has 2 aliphatic rings. The number of nitrogens with one attached hydrogen (secondary N) is 1. The molecule has 0 fully saturated rings. The minimum atomic E-state index is -0.320. The van der Waals surface area contributed by atoms with Gasteiger partial charge in [-0.2, -0.15) is 0 Å². The van der Waals surface area contributed by atoms with Gasteiger partial charge in [0.2, 0.25) is 11.8 Å². The summed E-state index contributed by atoms with van der Waals surface area (Å²) in [5.74, 6) is 0.162. The Bertz CT molecular complexity index is 893. The van der Waals surface area contributed by atoms with Crippen LogP contribution in [0.5, 0.6) is 0 Å². The number of hydrogen-bond donors (Lipinski definition) is 1. The van der Waals surface area contributed by atoms with Crippen LogP contribution in [0.15, 0.2) is 42.5 Å². The van der Waals surface area contributed by atoms with E-state index >= 15 is 0 Å². The van der Waals surface area contributed by atoms with Crippen molar-refractivity contribution >= 4 is 28.9 Å². The summed E-state index contributed by atoms with van der Waals surface area (Å²) in [6.45, 7) is 5.00. The third kappa shape index (κ3) is 3.29. The van der Waals surface area contributed by atoms with Crippen molar-refractivity contribution in [2.24, 2.45) is 0 Å². The van der Waals surface area contributed by atoms with E-state index in [0.717, 1.165) is 55.0 Å². The SMILES string of the molecule is CC(=O)N1CCc2cc(NC(C)C(=O)N3CCCc4ccccc43)ccc21. The van der Waals surface area contributed by atoms with Crippen LogP contribution in [-0.4, -0.2) is 30.9 Å². The lowest BCUT2D eigenvalue weighted by molar-refractivity contribution is -0.119. The molecule has 4 rings (SSSR count). The molecule has 0 spiro atoms. The van der Waals surface area contributed by atoms with Gasteiger partial charge in [-0.25, -0.2) is 0 Å². The highest BCUT2D eigenvalue weighted by atomic mass is 16.2. The molecule has 0 saturated carbocycles. The molecule has 2 aromatic carbocycles. The van der Waals surface area contributed by atoms with Crippen LogP contribution in [0.3, 0.4) is 0 Å². The van der Waals surface area contributed by atoms with Gasteiger partial charge in [0.25, 0.3) is 0 Å². The highest BCUT2D eigenvalue weighted by Gasteiger charge is 2.27. The molecule has 1 N–H and O–H groups in total. The second kappa shape index (κ2) is 7.06. The maximum atomic E-state index is 13.1. The summed E-state index contributed by atoms with van der Waals surface area (Å²) in [5.41, 5.74) is 5.33. The monoisotopic (exact) mass is 363 g/mol. The number of hydrogen-bond acceptors (Lipinski definition) is 3. The van der Waals surface area contributed by atoms with Crippen molar-refractivity contribution in [1.29, 1.82) is 0 Å². The van der Waals surface area contributed by atoms with E-state index in [-0.39, 0.29) is 17.9 Å². The summed E-state index contributed by atoms with van der Waals surface area (Å²) in [4.78, 5) is 28.5. The van der Waals surface area contributed by atoms with Gasteiger partial charge in [-0.3, -0.25) is 9.59 Å². The summed E-state index contributed by atoms with van der Waals surface area (Å²) in [6, 6.07) is 13.8. The number of nitrogens with zero attached hydrogens (tertiary/aromatic N) is 2. The predicted molar refractivity (Wildman–Crippen MR) is 108 cm³/mol. The van der Waals surface area contributed by atoms with Crippen molar-refractivity contribution < 1.29 is 9.59 Å². The maximum Gasteiger partial charge on any atom is 0.249 e. The number of para-hydroxylation sites is 1. The van der Waals surface area contributed by atoms with Gasteiger partial charge in [-0.05, 0) is 61.6 Å². The second-order valence-corrected chi connectivity index (χ2v) is 7.35. The van der Waals surface area contributed by atoms with Crippen molar-refractivity contribution in [3.05, 3.63) is 53.6 Å². The van der Waals surface area contributed by atoms with Crippen LogP contribution in [0.25, 0.3) is 0 Å². The number of fused-ring (bicyclic) bond motifs is 2. The van der Waals surface area contributed by atoms with Gasteiger partial charge in [-0.1, -0.05) is 18.2 Å². The van der Waals surface area contributed by atoms with E-state index in [1.165, 1.54) is 5.56 Å². The Labute approximate surface area is 160 Å². The Morgan fingerprint density at radius 3 is 2.56 bits per heavy atom. The molecule has 1 unspecified atom stereocenters. The molecular weight excluding hydrogens is 338 g/mol. The van der Waals surface area contributed by atoms with Crippen molar-refractivity contribution in [3.63, 3.8) is 0 Å². The first-order valence-electron chi connectivity index (χ1n) is 9.61. The third-order valence-electron chi connectivity index (χ3n) is 5.49. The van der Waals surface area contributed by atoms with Gasteiger partial charge in [-0.15, -0.1) is 0 Å². The fraction of sp³-hybridized carbons (Fsp3) is 0.364. The van der Waals surface area contributed by atoms with Gasteiger partial charge in [0.15, 0.2) is 0 Å². The zero-order valence-electron chi connectivity index (χ0n) is 15.9. The fourth-order valence-corrected chi connectivity index (χ4v) is 4.13. The molecule has 27 heavy (non-hydrogen) atoms. The molecule has 2 aliphatic heterocycles. The lowest BCUT2D eigenvalue weighted by atomic mass is 10.0. The predicted octanol–water partition coefficient (Wildman–Crippen LogP) is 3.38. The van der Waals surface area contributed by atoms with Gasteiger partial charge in [0.05, 0.1) is 0 Å². The van der Waals surface area contributed by atoms with Gasteiger partial charge >= 0.3 is 0 Å². The zero-order valence-corrected chi connectivity index (χ0v) is 15.9. The largest absolute Gasteiger partial charge is 0.374 e. The van der Waals surface area contributed by atoms with Gasteiger partial charge in [0, 0.05) is 37.1 Å². The average Bonchev–Trinajstić information content (AvgIpc) is 3.10. The lowest BCUT2D eigenvalue weighted by Crippen LogP contribution is -2.44.